The molecular formula is C14H23NO3S. The summed E-state index contributed by atoms with van der Waals surface area (Å²) in [6.07, 6.45) is 0.902. The lowest BCUT2D eigenvalue weighted by Gasteiger charge is -2.14. The first-order valence-corrected chi connectivity index (χ1v) is 8.11. The standard InChI is InChI=1S/C14H23NO3S/c1-4-9-15-19(17,18)13-7-5-12(6-8-13)10-14(16)11(2)3/h5-8,11,14-16H,4,9-10H2,1-3H3. The molecule has 0 spiro atoms. The summed E-state index contributed by atoms with van der Waals surface area (Å²) in [5.41, 5.74) is 0.940. The summed E-state index contributed by atoms with van der Waals surface area (Å²) in [5.74, 6) is 0.189. The van der Waals surface area contributed by atoms with Gasteiger partial charge in [0.2, 0.25) is 10.0 Å². The molecule has 4 nitrogen and oxygen atoms in total. The van der Waals surface area contributed by atoms with Crippen molar-refractivity contribution in [2.24, 2.45) is 5.92 Å². The van der Waals surface area contributed by atoms with Crippen LogP contribution in [-0.2, 0) is 16.4 Å². The van der Waals surface area contributed by atoms with Crippen LogP contribution in [0.4, 0.5) is 0 Å². The summed E-state index contributed by atoms with van der Waals surface area (Å²) in [4.78, 5) is 0.267. The highest BCUT2D eigenvalue weighted by Gasteiger charge is 2.14. The number of hydrogen-bond acceptors (Lipinski definition) is 3. The van der Waals surface area contributed by atoms with E-state index in [0.29, 0.717) is 13.0 Å². The van der Waals surface area contributed by atoms with Crippen LogP contribution in [-0.4, -0.2) is 26.2 Å². The van der Waals surface area contributed by atoms with Crippen LogP contribution in [0.3, 0.4) is 0 Å². The molecule has 1 aromatic rings. The number of nitrogens with one attached hydrogen (secondary N) is 1. The minimum absolute atomic E-state index is 0.189. The molecule has 0 fully saturated rings. The van der Waals surface area contributed by atoms with Crippen molar-refractivity contribution in [3.8, 4) is 0 Å². The predicted octanol–water partition coefficient (Wildman–Crippen LogP) is 1.93. The molecule has 1 unspecified atom stereocenters. The molecule has 0 aromatic heterocycles. The van der Waals surface area contributed by atoms with Gasteiger partial charge in [-0.15, -0.1) is 0 Å². The van der Waals surface area contributed by atoms with Crippen LogP contribution in [0.1, 0.15) is 32.8 Å². The second kappa shape index (κ2) is 7.03. The maximum Gasteiger partial charge on any atom is 0.240 e. The fourth-order valence-corrected chi connectivity index (χ4v) is 2.74. The maximum atomic E-state index is 11.9. The summed E-state index contributed by atoms with van der Waals surface area (Å²) in [5, 5.41) is 9.79. The second-order valence-electron chi connectivity index (χ2n) is 5.06. The van der Waals surface area contributed by atoms with E-state index in [0.717, 1.165) is 12.0 Å². The number of rotatable bonds is 7. The van der Waals surface area contributed by atoms with E-state index in [9.17, 15) is 13.5 Å². The first-order valence-electron chi connectivity index (χ1n) is 6.63. The SMILES string of the molecule is CCCNS(=O)(=O)c1ccc(CC(O)C(C)C)cc1. The minimum atomic E-state index is -3.40. The Morgan fingerprint density at radius 1 is 1.21 bits per heavy atom. The van der Waals surface area contributed by atoms with Gasteiger partial charge in [0.05, 0.1) is 11.0 Å². The Labute approximate surface area is 115 Å². The second-order valence-corrected chi connectivity index (χ2v) is 6.82. The molecule has 0 aliphatic heterocycles. The summed E-state index contributed by atoms with van der Waals surface area (Å²) in [6.45, 7) is 6.27. The van der Waals surface area contributed by atoms with Gasteiger partial charge in [0.1, 0.15) is 0 Å². The predicted molar refractivity (Wildman–Crippen MR) is 76.5 cm³/mol. The van der Waals surface area contributed by atoms with Crippen molar-refractivity contribution >= 4 is 10.0 Å². The maximum absolute atomic E-state index is 11.9. The van der Waals surface area contributed by atoms with Gasteiger partial charge < -0.3 is 5.11 Å². The molecule has 1 atom stereocenters. The zero-order valence-corrected chi connectivity index (χ0v) is 12.6. The molecule has 0 aliphatic rings. The lowest BCUT2D eigenvalue weighted by Crippen LogP contribution is -2.24. The van der Waals surface area contributed by atoms with Gasteiger partial charge in [-0.3, -0.25) is 0 Å². The van der Waals surface area contributed by atoms with Crippen molar-refractivity contribution in [3.63, 3.8) is 0 Å². The zero-order chi connectivity index (χ0) is 14.5. The first kappa shape index (κ1) is 16.1. The van der Waals surface area contributed by atoms with Crippen molar-refractivity contribution < 1.29 is 13.5 Å². The molecule has 0 saturated carbocycles. The Bertz CT molecular complexity index is 480. The average molecular weight is 285 g/mol. The van der Waals surface area contributed by atoms with Gasteiger partial charge in [0, 0.05) is 6.54 Å². The zero-order valence-electron chi connectivity index (χ0n) is 11.8. The molecule has 0 heterocycles. The van der Waals surface area contributed by atoms with Gasteiger partial charge in [0.15, 0.2) is 0 Å². The van der Waals surface area contributed by atoms with E-state index in [1.54, 1.807) is 24.3 Å². The lowest BCUT2D eigenvalue weighted by atomic mass is 9.99. The molecular weight excluding hydrogens is 262 g/mol. The Balaban J connectivity index is 2.76. The Morgan fingerprint density at radius 3 is 2.26 bits per heavy atom. The van der Waals surface area contributed by atoms with Gasteiger partial charge in [-0.05, 0) is 36.5 Å². The van der Waals surface area contributed by atoms with Gasteiger partial charge >= 0.3 is 0 Å². The van der Waals surface area contributed by atoms with Crippen LogP contribution >= 0.6 is 0 Å². The fraction of sp³-hybridized carbons (Fsp3) is 0.571. The number of sulfonamides is 1. The van der Waals surface area contributed by atoms with Crippen molar-refractivity contribution in [2.45, 2.75) is 44.6 Å². The molecule has 2 N–H and O–H groups in total. The highest BCUT2D eigenvalue weighted by Crippen LogP contribution is 2.14. The van der Waals surface area contributed by atoms with Crippen LogP contribution in [0.2, 0.25) is 0 Å². The van der Waals surface area contributed by atoms with Crippen molar-refractivity contribution in [2.75, 3.05) is 6.54 Å². The van der Waals surface area contributed by atoms with E-state index < -0.39 is 16.1 Å². The third-order valence-corrected chi connectivity index (χ3v) is 4.47. The minimum Gasteiger partial charge on any atom is -0.393 e. The molecule has 0 bridgehead atoms. The normalized spacial score (nSPS) is 13.7. The fourth-order valence-electron chi connectivity index (χ4n) is 1.60. The number of benzene rings is 1. The molecule has 1 aromatic carbocycles. The van der Waals surface area contributed by atoms with E-state index in [4.69, 9.17) is 0 Å². The molecule has 0 radical (unpaired) electrons. The van der Waals surface area contributed by atoms with Gasteiger partial charge in [-0.2, -0.15) is 0 Å². The van der Waals surface area contributed by atoms with Crippen molar-refractivity contribution in [3.05, 3.63) is 29.8 Å². The summed E-state index contributed by atoms with van der Waals surface area (Å²) in [6, 6.07) is 6.68. The van der Waals surface area contributed by atoms with Gasteiger partial charge in [-0.1, -0.05) is 32.9 Å². The van der Waals surface area contributed by atoms with Crippen LogP contribution < -0.4 is 4.72 Å². The molecule has 108 valence electrons. The number of hydrogen-bond donors (Lipinski definition) is 2. The average Bonchev–Trinajstić information content (AvgIpc) is 2.37. The van der Waals surface area contributed by atoms with Gasteiger partial charge in [-0.25, -0.2) is 13.1 Å². The first-order chi connectivity index (χ1) is 8.86. The largest absolute Gasteiger partial charge is 0.393 e. The third-order valence-electron chi connectivity index (χ3n) is 2.99. The number of aliphatic hydroxyl groups excluding tert-OH is 1. The van der Waals surface area contributed by atoms with E-state index in [-0.39, 0.29) is 10.8 Å². The monoisotopic (exact) mass is 285 g/mol. The van der Waals surface area contributed by atoms with Crippen LogP contribution in [0.5, 0.6) is 0 Å². The summed E-state index contributed by atoms with van der Waals surface area (Å²) >= 11 is 0. The quantitative estimate of drug-likeness (QED) is 0.804. The Kier molecular flexibility index (Phi) is 5.97. The third kappa shape index (κ3) is 4.93. The molecule has 0 aliphatic carbocycles. The van der Waals surface area contributed by atoms with Gasteiger partial charge in [0.25, 0.3) is 0 Å². The molecule has 1 rings (SSSR count). The molecule has 5 heteroatoms. The smallest absolute Gasteiger partial charge is 0.240 e. The highest BCUT2D eigenvalue weighted by molar-refractivity contribution is 7.89. The Hall–Kier alpha value is -0.910. The highest BCUT2D eigenvalue weighted by atomic mass is 32.2. The van der Waals surface area contributed by atoms with E-state index in [2.05, 4.69) is 4.72 Å². The topological polar surface area (TPSA) is 66.4 Å². The van der Waals surface area contributed by atoms with E-state index >= 15 is 0 Å². The Morgan fingerprint density at radius 2 is 1.79 bits per heavy atom. The summed E-state index contributed by atoms with van der Waals surface area (Å²) < 4.78 is 26.3. The van der Waals surface area contributed by atoms with Crippen molar-refractivity contribution in [1.82, 2.24) is 4.72 Å². The molecule has 0 saturated heterocycles. The molecule has 19 heavy (non-hydrogen) atoms. The van der Waals surface area contributed by atoms with E-state index in [1.165, 1.54) is 0 Å². The molecule has 0 amide bonds. The van der Waals surface area contributed by atoms with E-state index in [1.807, 2.05) is 20.8 Å². The lowest BCUT2D eigenvalue weighted by molar-refractivity contribution is 0.125. The van der Waals surface area contributed by atoms with Crippen LogP contribution in [0.15, 0.2) is 29.2 Å². The van der Waals surface area contributed by atoms with Crippen molar-refractivity contribution in [1.29, 1.82) is 0 Å². The number of aliphatic hydroxyl groups is 1. The van der Waals surface area contributed by atoms with Crippen LogP contribution in [0.25, 0.3) is 0 Å². The van der Waals surface area contributed by atoms with Crippen LogP contribution in [0, 0.1) is 5.92 Å². The summed E-state index contributed by atoms with van der Waals surface area (Å²) in [7, 11) is -3.40.